The largest absolute Gasteiger partial charge is 0.480 e. The molecule has 0 bridgehead atoms. The van der Waals surface area contributed by atoms with E-state index in [0.29, 0.717) is 0 Å². The predicted octanol–water partition coefficient (Wildman–Crippen LogP) is 0.228. The number of carboxylic acids is 1. The molecule has 0 unspecified atom stereocenters. The van der Waals surface area contributed by atoms with Crippen LogP contribution in [0.2, 0.25) is 0 Å². The molecule has 0 aromatic rings. The highest BCUT2D eigenvalue weighted by atomic mass is 16.5. The number of aliphatic carboxylic acids is 1. The Morgan fingerprint density at radius 3 is 3.00 bits per heavy atom. The maximum atomic E-state index is 10.2. The van der Waals surface area contributed by atoms with Crippen molar-refractivity contribution < 1.29 is 14.6 Å². The van der Waals surface area contributed by atoms with E-state index in [4.69, 9.17) is 9.84 Å². The molecule has 1 fully saturated rings. The summed E-state index contributed by atoms with van der Waals surface area (Å²) in [7, 11) is 1.67. The lowest BCUT2D eigenvalue weighted by Gasteiger charge is -2.18. The molecular weight excluding hydrogens is 158 g/mol. The molecular formula is C8H15NO3. The molecule has 1 rings (SSSR count). The molecule has 0 spiro atoms. The van der Waals surface area contributed by atoms with E-state index in [1.807, 2.05) is 0 Å². The van der Waals surface area contributed by atoms with Crippen molar-refractivity contribution in [3.8, 4) is 0 Å². The SMILES string of the molecule is CO[C@@H]1CCC[C@@H]1NCC(=O)O. The molecule has 12 heavy (non-hydrogen) atoms. The maximum absolute atomic E-state index is 10.2. The lowest BCUT2D eigenvalue weighted by molar-refractivity contribution is -0.136. The third-order valence-corrected chi connectivity index (χ3v) is 2.27. The Hall–Kier alpha value is -0.610. The highest BCUT2D eigenvalue weighted by Gasteiger charge is 2.26. The zero-order valence-corrected chi connectivity index (χ0v) is 7.25. The molecule has 1 saturated carbocycles. The minimum Gasteiger partial charge on any atom is -0.480 e. The van der Waals surface area contributed by atoms with Crippen molar-refractivity contribution in [3.63, 3.8) is 0 Å². The number of carboxylic acid groups (broad SMARTS) is 1. The Bertz CT molecular complexity index is 160. The second kappa shape index (κ2) is 4.42. The van der Waals surface area contributed by atoms with Crippen LogP contribution in [0.1, 0.15) is 19.3 Å². The van der Waals surface area contributed by atoms with Gasteiger partial charge in [-0.2, -0.15) is 0 Å². The van der Waals surface area contributed by atoms with Gasteiger partial charge in [0.2, 0.25) is 0 Å². The number of carbonyl (C=O) groups is 1. The summed E-state index contributed by atoms with van der Waals surface area (Å²) in [5, 5.41) is 11.4. The summed E-state index contributed by atoms with van der Waals surface area (Å²) in [5.41, 5.74) is 0. The molecule has 0 radical (unpaired) electrons. The van der Waals surface area contributed by atoms with E-state index in [0.717, 1.165) is 19.3 Å². The first-order chi connectivity index (χ1) is 5.74. The van der Waals surface area contributed by atoms with Gasteiger partial charge in [-0.15, -0.1) is 0 Å². The number of hydrogen-bond acceptors (Lipinski definition) is 3. The Morgan fingerprint density at radius 2 is 2.42 bits per heavy atom. The summed E-state index contributed by atoms with van der Waals surface area (Å²) in [6.45, 7) is 0.0323. The number of hydrogen-bond donors (Lipinski definition) is 2. The molecule has 2 atom stereocenters. The van der Waals surface area contributed by atoms with Crippen molar-refractivity contribution in [2.75, 3.05) is 13.7 Å². The maximum Gasteiger partial charge on any atom is 0.317 e. The third kappa shape index (κ3) is 2.46. The fraction of sp³-hybridized carbons (Fsp3) is 0.875. The van der Waals surface area contributed by atoms with Gasteiger partial charge in [0.05, 0.1) is 12.6 Å². The molecule has 0 amide bonds. The highest BCUT2D eigenvalue weighted by molar-refractivity contribution is 5.69. The predicted molar refractivity (Wildman–Crippen MR) is 44.1 cm³/mol. The Morgan fingerprint density at radius 1 is 1.67 bits per heavy atom. The zero-order valence-electron chi connectivity index (χ0n) is 7.25. The standard InChI is InChI=1S/C8H15NO3/c1-12-7-4-2-3-6(7)9-5-8(10)11/h6-7,9H,2-5H2,1H3,(H,10,11)/t6-,7+/m0/s1. The molecule has 0 aliphatic heterocycles. The van der Waals surface area contributed by atoms with Gasteiger partial charge in [0.1, 0.15) is 0 Å². The minimum atomic E-state index is -0.809. The van der Waals surface area contributed by atoms with Crippen LogP contribution in [-0.4, -0.2) is 36.9 Å². The van der Waals surface area contributed by atoms with Crippen molar-refractivity contribution in [2.24, 2.45) is 0 Å². The van der Waals surface area contributed by atoms with E-state index in [1.54, 1.807) is 7.11 Å². The molecule has 4 nitrogen and oxygen atoms in total. The molecule has 0 saturated heterocycles. The normalized spacial score (nSPS) is 29.1. The van der Waals surface area contributed by atoms with Crippen LogP contribution in [0.25, 0.3) is 0 Å². The van der Waals surface area contributed by atoms with Gasteiger partial charge in [-0.1, -0.05) is 0 Å². The summed E-state index contributed by atoms with van der Waals surface area (Å²) >= 11 is 0. The quantitative estimate of drug-likeness (QED) is 0.639. The number of rotatable bonds is 4. The monoisotopic (exact) mass is 173 g/mol. The molecule has 0 heterocycles. The van der Waals surface area contributed by atoms with E-state index in [2.05, 4.69) is 5.32 Å². The number of methoxy groups -OCH3 is 1. The average Bonchev–Trinajstić information content (AvgIpc) is 2.47. The van der Waals surface area contributed by atoms with Crippen molar-refractivity contribution in [1.82, 2.24) is 5.32 Å². The Kier molecular flexibility index (Phi) is 3.49. The number of nitrogens with one attached hydrogen (secondary N) is 1. The molecule has 2 N–H and O–H groups in total. The van der Waals surface area contributed by atoms with E-state index in [1.165, 1.54) is 0 Å². The van der Waals surface area contributed by atoms with Crippen molar-refractivity contribution in [2.45, 2.75) is 31.4 Å². The van der Waals surface area contributed by atoms with Gasteiger partial charge >= 0.3 is 5.97 Å². The summed E-state index contributed by atoms with van der Waals surface area (Å²) in [6.07, 6.45) is 3.37. The first-order valence-corrected chi connectivity index (χ1v) is 4.22. The molecule has 4 heteroatoms. The minimum absolute atomic E-state index is 0.0323. The Labute approximate surface area is 71.9 Å². The second-order valence-electron chi connectivity index (χ2n) is 3.09. The summed E-state index contributed by atoms with van der Waals surface area (Å²) in [5.74, 6) is -0.809. The van der Waals surface area contributed by atoms with Crippen molar-refractivity contribution >= 4 is 5.97 Å². The highest BCUT2D eigenvalue weighted by Crippen LogP contribution is 2.20. The summed E-state index contributed by atoms with van der Waals surface area (Å²) in [4.78, 5) is 10.2. The topological polar surface area (TPSA) is 58.6 Å². The summed E-state index contributed by atoms with van der Waals surface area (Å²) in [6, 6.07) is 0.228. The van der Waals surface area contributed by atoms with Gasteiger partial charge < -0.3 is 15.2 Å². The fourth-order valence-corrected chi connectivity index (χ4v) is 1.66. The van der Waals surface area contributed by atoms with Crippen LogP contribution in [-0.2, 0) is 9.53 Å². The molecule has 1 aliphatic rings. The molecule has 0 aromatic heterocycles. The average molecular weight is 173 g/mol. The lowest BCUT2D eigenvalue weighted by atomic mass is 10.2. The van der Waals surface area contributed by atoms with Crippen molar-refractivity contribution in [3.05, 3.63) is 0 Å². The molecule has 70 valence electrons. The number of ether oxygens (including phenoxy) is 1. The Balaban J connectivity index is 2.26. The smallest absolute Gasteiger partial charge is 0.317 e. The van der Waals surface area contributed by atoms with Crippen LogP contribution in [0.5, 0.6) is 0 Å². The van der Waals surface area contributed by atoms with E-state index in [9.17, 15) is 4.79 Å². The van der Waals surface area contributed by atoms with Crippen LogP contribution in [0.3, 0.4) is 0 Å². The van der Waals surface area contributed by atoms with Gasteiger partial charge in [-0.25, -0.2) is 0 Å². The fourth-order valence-electron chi connectivity index (χ4n) is 1.66. The van der Waals surface area contributed by atoms with E-state index in [-0.39, 0.29) is 18.7 Å². The second-order valence-corrected chi connectivity index (χ2v) is 3.09. The van der Waals surface area contributed by atoms with E-state index < -0.39 is 5.97 Å². The van der Waals surface area contributed by atoms with Crippen LogP contribution in [0, 0.1) is 0 Å². The van der Waals surface area contributed by atoms with Gasteiger partial charge in [0, 0.05) is 13.2 Å². The van der Waals surface area contributed by atoms with Gasteiger partial charge in [-0.05, 0) is 19.3 Å². The van der Waals surface area contributed by atoms with Gasteiger partial charge in [0.15, 0.2) is 0 Å². The van der Waals surface area contributed by atoms with Gasteiger partial charge in [0.25, 0.3) is 0 Å². The zero-order chi connectivity index (χ0) is 8.97. The molecule has 1 aliphatic carbocycles. The summed E-state index contributed by atoms with van der Waals surface area (Å²) < 4.78 is 5.20. The van der Waals surface area contributed by atoms with Crippen LogP contribution in [0.15, 0.2) is 0 Å². The lowest BCUT2D eigenvalue weighted by Crippen LogP contribution is -2.39. The third-order valence-electron chi connectivity index (χ3n) is 2.27. The van der Waals surface area contributed by atoms with Gasteiger partial charge in [-0.3, -0.25) is 4.79 Å². The van der Waals surface area contributed by atoms with Crippen LogP contribution in [0.4, 0.5) is 0 Å². The van der Waals surface area contributed by atoms with Crippen LogP contribution >= 0.6 is 0 Å². The first-order valence-electron chi connectivity index (χ1n) is 4.22. The molecule has 0 aromatic carbocycles. The van der Waals surface area contributed by atoms with Crippen molar-refractivity contribution in [1.29, 1.82) is 0 Å². The first kappa shape index (κ1) is 9.48. The van der Waals surface area contributed by atoms with E-state index >= 15 is 0 Å². The van der Waals surface area contributed by atoms with Crippen LogP contribution < -0.4 is 5.32 Å².